The molecule has 0 saturated carbocycles. The fourth-order valence-corrected chi connectivity index (χ4v) is 3.30. The largest absolute Gasteiger partial charge is 0.494 e. The fourth-order valence-electron chi connectivity index (χ4n) is 3.30. The summed E-state index contributed by atoms with van der Waals surface area (Å²) in [6, 6.07) is 1.81. The Morgan fingerprint density at radius 3 is 2.57 bits per heavy atom. The smallest absolute Gasteiger partial charge is 0.269 e. The van der Waals surface area contributed by atoms with E-state index in [9.17, 15) is 9.59 Å². The molecule has 4 heterocycles. The number of nitrogens with two attached hydrogens (primary N) is 1. The number of carbonyl (C=O) groups is 2. The Bertz CT molecular complexity index is 1270. The van der Waals surface area contributed by atoms with E-state index in [2.05, 4.69) is 20.6 Å². The summed E-state index contributed by atoms with van der Waals surface area (Å²) in [4.78, 5) is 24.7. The van der Waals surface area contributed by atoms with Crippen LogP contribution in [0.25, 0.3) is 16.6 Å². The lowest BCUT2D eigenvalue weighted by Gasteiger charge is -2.09. The summed E-state index contributed by atoms with van der Waals surface area (Å²) in [6.45, 7) is 2.26. The van der Waals surface area contributed by atoms with Gasteiger partial charge >= 0.3 is 0 Å². The van der Waals surface area contributed by atoms with E-state index < -0.39 is 11.8 Å². The second-order valence-corrected chi connectivity index (χ2v) is 6.59. The highest BCUT2D eigenvalue weighted by atomic mass is 16.5. The highest BCUT2D eigenvalue weighted by molar-refractivity contribution is 6.12. The summed E-state index contributed by atoms with van der Waals surface area (Å²) >= 11 is 0. The minimum Gasteiger partial charge on any atom is -0.494 e. The molecule has 0 bridgehead atoms. The molecule has 0 saturated heterocycles. The van der Waals surface area contributed by atoms with Crippen LogP contribution in [0, 0.1) is 0 Å². The summed E-state index contributed by atoms with van der Waals surface area (Å²) in [7, 11) is 3.35. The third-order valence-corrected chi connectivity index (χ3v) is 4.70. The summed E-state index contributed by atoms with van der Waals surface area (Å²) in [5, 5.41) is 15.3. The Morgan fingerprint density at radius 2 is 1.93 bits per heavy atom. The topological polar surface area (TPSA) is 134 Å². The van der Waals surface area contributed by atoms with Gasteiger partial charge in [-0.2, -0.15) is 15.3 Å². The first kappa shape index (κ1) is 19.2. The second-order valence-electron chi connectivity index (χ2n) is 6.59. The molecule has 4 aromatic heterocycles. The van der Waals surface area contributed by atoms with Crippen LogP contribution in [0.3, 0.4) is 0 Å². The molecule has 11 nitrogen and oxygen atoms in total. The van der Waals surface area contributed by atoms with E-state index in [1.807, 2.05) is 26.2 Å². The van der Waals surface area contributed by atoms with Crippen molar-refractivity contribution in [1.82, 2.24) is 29.2 Å². The molecule has 0 unspecified atom stereocenters. The molecule has 11 heteroatoms. The van der Waals surface area contributed by atoms with Crippen LogP contribution in [-0.2, 0) is 13.6 Å². The number of nitrogens with zero attached hydrogens (tertiary/aromatic N) is 6. The zero-order valence-corrected chi connectivity index (χ0v) is 16.7. The number of anilines is 1. The van der Waals surface area contributed by atoms with Gasteiger partial charge in [-0.1, -0.05) is 0 Å². The maximum atomic E-state index is 13.0. The number of ether oxygens (including phenoxy) is 1. The van der Waals surface area contributed by atoms with Crippen molar-refractivity contribution in [2.24, 2.45) is 12.8 Å². The summed E-state index contributed by atoms with van der Waals surface area (Å²) in [5.74, 6) is -0.669. The van der Waals surface area contributed by atoms with Gasteiger partial charge in [-0.3, -0.25) is 19.0 Å². The number of nitrogens with one attached hydrogen (secondary N) is 1. The minimum absolute atomic E-state index is 0.133. The Labute approximate surface area is 171 Å². The van der Waals surface area contributed by atoms with Crippen LogP contribution in [0.5, 0.6) is 5.75 Å². The molecule has 0 aliphatic carbocycles. The molecule has 0 radical (unpaired) electrons. The van der Waals surface area contributed by atoms with Crippen molar-refractivity contribution in [2.45, 2.75) is 13.5 Å². The van der Waals surface area contributed by atoms with Crippen LogP contribution in [0.15, 0.2) is 37.1 Å². The maximum absolute atomic E-state index is 13.0. The average molecular weight is 408 g/mol. The maximum Gasteiger partial charge on any atom is 0.269 e. The van der Waals surface area contributed by atoms with E-state index in [1.54, 1.807) is 21.6 Å². The molecule has 3 N–H and O–H groups in total. The average Bonchev–Trinajstić information content (AvgIpc) is 3.44. The quantitative estimate of drug-likeness (QED) is 0.494. The van der Waals surface area contributed by atoms with Crippen molar-refractivity contribution in [3.05, 3.63) is 48.3 Å². The van der Waals surface area contributed by atoms with Crippen LogP contribution >= 0.6 is 0 Å². The number of aryl methyl sites for hydroxylation is 2. The van der Waals surface area contributed by atoms with Gasteiger partial charge in [0.25, 0.3) is 11.8 Å². The van der Waals surface area contributed by atoms with Gasteiger partial charge in [0.1, 0.15) is 17.0 Å². The molecular formula is C19H20N8O3. The van der Waals surface area contributed by atoms with Gasteiger partial charge < -0.3 is 15.8 Å². The number of rotatable bonds is 6. The Balaban J connectivity index is 1.74. The monoisotopic (exact) mass is 408 g/mol. The molecule has 30 heavy (non-hydrogen) atoms. The zero-order valence-electron chi connectivity index (χ0n) is 16.7. The molecule has 0 atom stereocenters. The van der Waals surface area contributed by atoms with Crippen molar-refractivity contribution >= 4 is 23.0 Å². The molecule has 4 rings (SSSR count). The number of hydrogen-bond donors (Lipinski definition) is 2. The van der Waals surface area contributed by atoms with Crippen LogP contribution in [-0.4, -0.2) is 48.1 Å². The van der Waals surface area contributed by atoms with E-state index in [4.69, 9.17) is 10.5 Å². The third kappa shape index (κ3) is 3.15. The molecule has 0 spiro atoms. The van der Waals surface area contributed by atoms with Crippen LogP contribution in [0.4, 0.5) is 5.69 Å². The Morgan fingerprint density at radius 1 is 1.13 bits per heavy atom. The van der Waals surface area contributed by atoms with Crippen molar-refractivity contribution in [3.63, 3.8) is 0 Å². The van der Waals surface area contributed by atoms with Crippen LogP contribution in [0.1, 0.15) is 27.8 Å². The fraction of sp³-hybridized carbons (Fsp3) is 0.211. The van der Waals surface area contributed by atoms with Gasteiger partial charge in [0.2, 0.25) is 0 Å². The molecule has 0 aromatic carbocycles. The molecule has 4 aromatic rings. The number of carbonyl (C=O) groups excluding carboxylic acids is 2. The lowest BCUT2D eigenvalue weighted by molar-refractivity contribution is 0.0991. The first-order valence-electron chi connectivity index (χ1n) is 9.14. The highest BCUT2D eigenvalue weighted by Crippen LogP contribution is 2.30. The standard InChI is InChI=1S/C19H20N8O3/c1-4-26-17(18(20)28)14(8-23-26)24-19(29)13-7-22-27-10-11(5-15(30-3)16(13)27)12-6-21-25(2)9-12/h5-10H,4H2,1-3H3,(H2,20,28)(H,24,29). The van der Waals surface area contributed by atoms with Gasteiger partial charge in [-0.25, -0.2) is 4.52 Å². The minimum atomic E-state index is -0.678. The van der Waals surface area contributed by atoms with Gasteiger partial charge in [0, 0.05) is 37.1 Å². The molecule has 0 aliphatic heterocycles. The Kier molecular flexibility index (Phi) is 4.70. The predicted molar refractivity (Wildman–Crippen MR) is 108 cm³/mol. The van der Waals surface area contributed by atoms with E-state index in [0.717, 1.165) is 11.1 Å². The second kappa shape index (κ2) is 7.35. The van der Waals surface area contributed by atoms with Crippen molar-refractivity contribution in [3.8, 4) is 16.9 Å². The lowest BCUT2D eigenvalue weighted by Crippen LogP contribution is -2.21. The van der Waals surface area contributed by atoms with Crippen molar-refractivity contribution in [1.29, 1.82) is 0 Å². The van der Waals surface area contributed by atoms with Gasteiger partial charge in [-0.15, -0.1) is 0 Å². The van der Waals surface area contributed by atoms with Crippen LogP contribution < -0.4 is 15.8 Å². The number of methoxy groups -OCH3 is 1. The highest BCUT2D eigenvalue weighted by Gasteiger charge is 2.22. The number of amides is 2. The summed E-state index contributed by atoms with van der Waals surface area (Å²) < 4.78 is 10.2. The van der Waals surface area contributed by atoms with Gasteiger partial charge in [0.15, 0.2) is 0 Å². The number of hydrogen-bond acceptors (Lipinski definition) is 6. The summed E-state index contributed by atoms with van der Waals surface area (Å²) in [5.41, 5.74) is 8.31. The van der Waals surface area contributed by atoms with E-state index in [1.165, 1.54) is 24.2 Å². The third-order valence-electron chi connectivity index (χ3n) is 4.70. The van der Waals surface area contributed by atoms with E-state index in [0.29, 0.717) is 17.8 Å². The summed E-state index contributed by atoms with van der Waals surface area (Å²) in [6.07, 6.45) is 8.22. The lowest BCUT2D eigenvalue weighted by atomic mass is 10.1. The van der Waals surface area contributed by atoms with E-state index >= 15 is 0 Å². The van der Waals surface area contributed by atoms with Gasteiger partial charge in [-0.05, 0) is 13.0 Å². The Hall–Kier alpha value is -4.15. The van der Waals surface area contributed by atoms with Crippen molar-refractivity contribution in [2.75, 3.05) is 12.4 Å². The molecular weight excluding hydrogens is 388 g/mol. The molecule has 2 amide bonds. The van der Waals surface area contributed by atoms with Crippen molar-refractivity contribution < 1.29 is 14.3 Å². The number of fused-ring (bicyclic) bond motifs is 1. The van der Waals surface area contributed by atoms with Gasteiger partial charge in [0.05, 0.1) is 37.0 Å². The zero-order chi connectivity index (χ0) is 21.4. The van der Waals surface area contributed by atoms with Crippen LogP contribution in [0.2, 0.25) is 0 Å². The number of aromatic nitrogens is 6. The number of primary amides is 1. The first-order valence-corrected chi connectivity index (χ1v) is 9.14. The molecule has 0 aliphatic rings. The SMILES string of the molecule is CCn1ncc(NC(=O)c2cnn3cc(-c4cnn(C)c4)cc(OC)c23)c1C(N)=O. The van der Waals surface area contributed by atoms with E-state index in [-0.39, 0.29) is 16.9 Å². The number of pyridine rings is 1. The normalized spacial score (nSPS) is 11.0. The molecule has 0 fully saturated rings. The molecule has 154 valence electrons. The first-order chi connectivity index (χ1) is 14.4. The predicted octanol–water partition coefficient (Wildman–Crippen LogP) is 1.31.